The van der Waals surface area contributed by atoms with Crippen molar-refractivity contribution < 1.29 is 14.4 Å². The molecule has 1 atom stereocenters. The zero-order valence-electron chi connectivity index (χ0n) is 18.2. The first-order valence-electron chi connectivity index (χ1n) is 11.3. The van der Waals surface area contributed by atoms with Crippen LogP contribution in [0.2, 0.25) is 0 Å². The number of rotatable bonds is 5. The molecule has 7 nitrogen and oxygen atoms in total. The van der Waals surface area contributed by atoms with Gasteiger partial charge in [-0.05, 0) is 75.1 Å². The number of aryl methyl sites for hydroxylation is 1. The van der Waals surface area contributed by atoms with Crippen LogP contribution in [-0.4, -0.2) is 66.3 Å². The van der Waals surface area contributed by atoms with Crippen LogP contribution in [0, 0.1) is 12.8 Å². The number of carbonyl (C=O) groups is 3. The minimum absolute atomic E-state index is 0.0991. The Labute approximate surface area is 188 Å². The molecule has 3 saturated heterocycles. The Balaban J connectivity index is 1.24. The summed E-state index contributed by atoms with van der Waals surface area (Å²) in [6.45, 7) is 5.34. The maximum atomic E-state index is 12.4. The van der Waals surface area contributed by atoms with E-state index < -0.39 is 11.8 Å². The van der Waals surface area contributed by atoms with Gasteiger partial charge in [-0.15, -0.1) is 0 Å². The number of anilines is 2. The summed E-state index contributed by atoms with van der Waals surface area (Å²) in [6.07, 6.45) is 4.81. The predicted molar refractivity (Wildman–Crippen MR) is 124 cm³/mol. The van der Waals surface area contributed by atoms with Gasteiger partial charge in [-0.1, -0.05) is 6.07 Å². The Morgan fingerprint density at radius 1 is 1.13 bits per heavy atom. The van der Waals surface area contributed by atoms with E-state index in [2.05, 4.69) is 15.5 Å². The number of likely N-dealkylation sites (tertiary alicyclic amines) is 1. The van der Waals surface area contributed by atoms with Crippen molar-refractivity contribution in [2.75, 3.05) is 47.9 Å². The maximum Gasteiger partial charge on any atom is 0.313 e. The normalized spacial score (nSPS) is 22.7. The fraction of sp³-hybridized carbons (Fsp3) is 0.609. The van der Waals surface area contributed by atoms with Crippen LogP contribution in [0.1, 0.15) is 37.7 Å². The van der Waals surface area contributed by atoms with Gasteiger partial charge in [0.2, 0.25) is 5.91 Å². The molecule has 0 unspecified atom stereocenters. The molecule has 0 saturated carbocycles. The molecule has 3 aliphatic heterocycles. The molecule has 1 aromatic rings. The number of hydrogen-bond acceptors (Lipinski definition) is 5. The van der Waals surface area contributed by atoms with Crippen LogP contribution < -0.4 is 15.5 Å². The standard InChI is InChI=1S/C23H32N4O3S/c1-16-4-5-18(13-20(16)27-9-2-3-21(27)28)25-23(30)22(29)24-14-17-6-10-26(11-7-17)19-8-12-31-15-19/h4-5,13,17,19H,2-3,6-12,14-15H2,1H3,(H,24,29)(H,25,30)/t19-/m0/s1. The van der Waals surface area contributed by atoms with Crippen LogP contribution in [0.4, 0.5) is 11.4 Å². The van der Waals surface area contributed by atoms with Gasteiger partial charge in [0.05, 0.1) is 0 Å². The summed E-state index contributed by atoms with van der Waals surface area (Å²) in [5.74, 6) is 1.77. The Bertz CT molecular complexity index is 832. The van der Waals surface area contributed by atoms with E-state index in [0.29, 0.717) is 31.1 Å². The van der Waals surface area contributed by atoms with Crippen molar-refractivity contribution in [3.63, 3.8) is 0 Å². The highest BCUT2D eigenvalue weighted by atomic mass is 32.2. The fourth-order valence-electron chi connectivity index (χ4n) is 4.72. The van der Waals surface area contributed by atoms with Crippen molar-refractivity contribution in [1.82, 2.24) is 10.2 Å². The molecule has 0 aromatic heterocycles. The maximum absolute atomic E-state index is 12.4. The lowest BCUT2D eigenvalue weighted by Crippen LogP contribution is -2.45. The van der Waals surface area contributed by atoms with Crippen molar-refractivity contribution in [3.8, 4) is 0 Å². The van der Waals surface area contributed by atoms with E-state index in [4.69, 9.17) is 0 Å². The van der Waals surface area contributed by atoms with E-state index in [0.717, 1.165) is 49.6 Å². The lowest BCUT2D eigenvalue weighted by Gasteiger charge is -2.35. The monoisotopic (exact) mass is 444 g/mol. The highest BCUT2D eigenvalue weighted by Gasteiger charge is 2.28. The summed E-state index contributed by atoms with van der Waals surface area (Å²) in [5.41, 5.74) is 2.30. The third-order valence-corrected chi connectivity index (χ3v) is 7.80. The Morgan fingerprint density at radius 2 is 1.94 bits per heavy atom. The lowest BCUT2D eigenvalue weighted by atomic mass is 9.95. The third-order valence-electron chi connectivity index (χ3n) is 6.66. The Hall–Kier alpha value is -2.06. The summed E-state index contributed by atoms with van der Waals surface area (Å²) in [6, 6.07) is 6.13. The number of thioether (sulfide) groups is 1. The van der Waals surface area contributed by atoms with Crippen molar-refractivity contribution in [1.29, 1.82) is 0 Å². The van der Waals surface area contributed by atoms with Gasteiger partial charge in [0, 0.05) is 42.7 Å². The summed E-state index contributed by atoms with van der Waals surface area (Å²) in [4.78, 5) is 41.1. The highest BCUT2D eigenvalue weighted by molar-refractivity contribution is 7.99. The van der Waals surface area contributed by atoms with Gasteiger partial charge < -0.3 is 15.5 Å². The zero-order valence-corrected chi connectivity index (χ0v) is 19.0. The van der Waals surface area contributed by atoms with Crippen molar-refractivity contribution in [2.45, 2.75) is 45.1 Å². The lowest BCUT2D eigenvalue weighted by molar-refractivity contribution is -0.136. The molecule has 3 aliphatic rings. The van der Waals surface area contributed by atoms with Crippen LogP contribution >= 0.6 is 11.8 Å². The largest absolute Gasteiger partial charge is 0.348 e. The number of benzene rings is 1. The summed E-state index contributed by atoms with van der Waals surface area (Å²) < 4.78 is 0. The van der Waals surface area contributed by atoms with Crippen LogP contribution in [-0.2, 0) is 14.4 Å². The van der Waals surface area contributed by atoms with Gasteiger partial charge in [0.1, 0.15) is 0 Å². The quantitative estimate of drug-likeness (QED) is 0.682. The van der Waals surface area contributed by atoms with Crippen LogP contribution in [0.5, 0.6) is 0 Å². The Morgan fingerprint density at radius 3 is 2.61 bits per heavy atom. The van der Waals surface area contributed by atoms with Crippen molar-refractivity contribution in [2.24, 2.45) is 5.92 Å². The summed E-state index contributed by atoms with van der Waals surface area (Å²) in [7, 11) is 0. The molecular formula is C23H32N4O3S. The van der Waals surface area contributed by atoms with Gasteiger partial charge in [0.25, 0.3) is 0 Å². The molecular weight excluding hydrogens is 412 g/mol. The second-order valence-corrected chi connectivity index (χ2v) is 9.96. The van der Waals surface area contributed by atoms with E-state index >= 15 is 0 Å². The van der Waals surface area contributed by atoms with E-state index in [1.54, 1.807) is 17.0 Å². The topological polar surface area (TPSA) is 81.8 Å². The second-order valence-electron chi connectivity index (χ2n) is 8.81. The molecule has 2 N–H and O–H groups in total. The smallest absolute Gasteiger partial charge is 0.313 e. The predicted octanol–water partition coefficient (Wildman–Crippen LogP) is 2.39. The van der Waals surface area contributed by atoms with Gasteiger partial charge >= 0.3 is 11.8 Å². The SMILES string of the molecule is Cc1ccc(NC(=O)C(=O)NCC2CCN([C@H]3CCSC3)CC2)cc1N1CCCC1=O. The average molecular weight is 445 g/mol. The van der Waals surface area contributed by atoms with E-state index in [1.807, 2.05) is 24.8 Å². The molecule has 8 heteroatoms. The fourth-order valence-corrected chi connectivity index (χ4v) is 5.97. The van der Waals surface area contributed by atoms with Crippen LogP contribution in [0.15, 0.2) is 18.2 Å². The average Bonchev–Trinajstić information content (AvgIpc) is 3.46. The molecule has 31 heavy (non-hydrogen) atoms. The molecule has 0 bridgehead atoms. The Kier molecular flexibility index (Phi) is 7.17. The first-order chi connectivity index (χ1) is 15.0. The van der Waals surface area contributed by atoms with Crippen molar-refractivity contribution in [3.05, 3.63) is 23.8 Å². The van der Waals surface area contributed by atoms with Crippen LogP contribution in [0.25, 0.3) is 0 Å². The molecule has 168 valence electrons. The molecule has 0 radical (unpaired) electrons. The van der Waals surface area contributed by atoms with Gasteiger partial charge in [0.15, 0.2) is 0 Å². The van der Waals surface area contributed by atoms with Crippen molar-refractivity contribution >= 4 is 40.9 Å². The number of carbonyl (C=O) groups excluding carboxylic acids is 3. The number of nitrogens with one attached hydrogen (secondary N) is 2. The number of nitrogens with zero attached hydrogens (tertiary/aromatic N) is 2. The third kappa shape index (κ3) is 5.41. The molecule has 3 heterocycles. The van der Waals surface area contributed by atoms with Gasteiger partial charge in [-0.25, -0.2) is 0 Å². The molecule has 0 spiro atoms. The zero-order chi connectivity index (χ0) is 21.8. The highest BCUT2D eigenvalue weighted by Crippen LogP contribution is 2.28. The number of amides is 3. The molecule has 4 rings (SSSR count). The molecule has 3 amide bonds. The number of piperidine rings is 1. The molecule has 3 fully saturated rings. The summed E-state index contributed by atoms with van der Waals surface area (Å²) in [5, 5.41) is 5.49. The number of hydrogen-bond donors (Lipinski definition) is 2. The van der Waals surface area contributed by atoms with Crippen LogP contribution in [0.3, 0.4) is 0 Å². The van der Waals surface area contributed by atoms with E-state index in [9.17, 15) is 14.4 Å². The van der Waals surface area contributed by atoms with E-state index in [1.165, 1.54) is 17.9 Å². The van der Waals surface area contributed by atoms with Gasteiger partial charge in [-0.3, -0.25) is 19.3 Å². The van der Waals surface area contributed by atoms with Gasteiger partial charge in [-0.2, -0.15) is 11.8 Å². The first kappa shape index (κ1) is 22.1. The second kappa shape index (κ2) is 10.0. The first-order valence-corrected chi connectivity index (χ1v) is 12.5. The van der Waals surface area contributed by atoms with E-state index in [-0.39, 0.29) is 5.91 Å². The minimum atomic E-state index is -0.664. The molecule has 1 aromatic carbocycles. The minimum Gasteiger partial charge on any atom is -0.348 e. The summed E-state index contributed by atoms with van der Waals surface area (Å²) >= 11 is 2.04. The molecule has 0 aliphatic carbocycles.